The van der Waals surface area contributed by atoms with E-state index in [1.54, 1.807) is 20.3 Å². The molecule has 7 heteroatoms. The van der Waals surface area contributed by atoms with Gasteiger partial charge < -0.3 is 9.47 Å². The average Bonchev–Trinajstić information content (AvgIpc) is 2.57. The van der Waals surface area contributed by atoms with E-state index in [-0.39, 0.29) is 12.3 Å². The Bertz CT molecular complexity index is 746. The van der Waals surface area contributed by atoms with Crippen molar-refractivity contribution >= 4 is 44.0 Å². The summed E-state index contributed by atoms with van der Waals surface area (Å²) in [5, 5.41) is 3.99. The predicted molar refractivity (Wildman–Crippen MR) is 101 cm³/mol. The minimum Gasteiger partial charge on any atom is -0.496 e. The van der Waals surface area contributed by atoms with Crippen molar-refractivity contribution in [1.82, 2.24) is 5.43 Å². The van der Waals surface area contributed by atoms with Crippen LogP contribution in [0.25, 0.3) is 0 Å². The van der Waals surface area contributed by atoms with Gasteiger partial charge in [-0.1, -0.05) is 28.1 Å². The highest BCUT2D eigenvalue weighted by Gasteiger charge is 2.08. The fraction of sp³-hybridized carbons (Fsp3) is 0.176. The van der Waals surface area contributed by atoms with Gasteiger partial charge in [0.05, 0.1) is 31.3 Å². The number of hydrogen-bond donors (Lipinski definition) is 1. The first-order valence-electron chi connectivity index (χ1n) is 7.01. The second-order valence-corrected chi connectivity index (χ2v) is 6.60. The number of ether oxygens (including phenoxy) is 2. The molecule has 0 unspecified atom stereocenters. The molecule has 0 spiro atoms. The second-order valence-electron chi connectivity index (χ2n) is 4.83. The first-order chi connectivity index (χ1) is 11.5. The maximum atomic E-state index is 11.9. The summed E-state index contributed by atoms with van der Waals surface area (Å²) in [6.07, 6.45) is 1.79. The largest absolute Gasteiger partial charge is 0.496 e. The number of hydrazone groups is 1. The van der Waals surface area contributed by atoms with Gasteiger partial charge in [-0.2, -0.15) is 5.10 Å². The van der Waals surface area contributed by atoms with Gasteiger partial charge in [0.15, 0.2) is 0 Å². The summed E-state index contributed by atoms with van der Waals surface area (Å²) in [7, 11) is 3.14. The van der Waals surface area contributed by atoms with Gasteiger partial charge in [0, 0.05) is 16.1 Å². The summed E-state index contributed by atoms with van der Waals surface area (Å²) in [5.41, 5.74) is 4.14. The van der Waals surface area contributed by atoms with Crippen molar-refractivity contribution in [1.29, 1.82) is 0 Å². The van der Waals surface area contributed by atoms with Gasteiger partial charge in [0.25, 0.3) is 0 Å². The van der Waals surface area contributed by atoms with Crippen LogP contribution in [0.15, 0.2) is 50.4 Å². The van der Waals surface area contributed by atoms with Crippen LogP contribution in [0.3, 0.4) is 0 Å². The quantitative estimate of drug-likeness (QED) is 0.530. The third-order valence-electron chi connectivity index (χ3n) is 3.17. The molecule has 126 valence electrons. The number of nitrogens with one attached hydrogen (secondary N) is 1. The molecule has 0 heterocycles. The van der Waals surface area contributed by atoms with Crippen molar-refractivity contribution in [2.24, 2.45) is 5.10 Å². The number of methoxy groups -OCH3 is 2. The SMILES string of the molecule is COc1cc(OC)c(/C=N/NC(=O)Cc2ccc(Br)cc2)cc1Br. The lowest BCUT2D eigenvalue weighted by Gasteiger charge is -2.09. The number of carbonyl (C=O) groups excluding carboxylic acids is 1. The van der Waals surface area contributed by atoms with Crippen molar-refractivity contribution in [3.05, 3.63) is 56.5 Å². The van der Waals surface area contributed by atoms with Gasteiger partial charge in [0.1, 0.15) is 11.5 Å². The van der Waals surface area contributed by atoms with E-state index in [2.05, 4.69) is 42.4 Å². The summed E-state index contributed by atoms with van der Waals surface area (Å²) >= 11 is 6.77. The van der Waals surface area contributed by atoms with E-state index >= 15 is 0 Å². The zero-order chi connectivity index (χ0) is 17.5. The summed E-state index contributed by atoms with van der Waals surface area (Å²) in [4.78, 5) is 11.9. The molecule has 0 aromatic heterocycles. The Kier molecular flexibility index (Phi) is 6.81. The van der Waals surface area contributed by atoms with E-state index in [1.807, 2.05) is 30.3 Å². The standard InChI is InChI=1S/C17H16Br2N2O3/c1-23-15-9-16(24-2)14(19)8-12(15)10-20-21-17(22)7-11-3-5-13(18)6-4-11/h3-6,8-10H,7H2,1-2H3,(H,21,22)/b20-10+. The van der Waals surface area contributed by atoms with Crippen LogP contribution in [-0.2, 0) is 11.2 Å². The maximum Gasteiger partial charge on any atom is 0.244 e. The lowest BCUT2D eigenvalue weighted by molar-refractivity contribution is -0.120. The van der Waals surface area contributed by atoms with E-state index < -0.39 is 0 Å². The highest BCUT2D eigenvalue weighted by Crippen LogP contribution is 2.31. The first kappa shape index (κ1) is 18.5. The average molecular weight is 456 g/mol. The Labute approximate surface area is 157 Å². The molecule has 1 amide bonds. The summed E-state index contributed by atoms with van der Waals surface area (Å²) in [5.74, 6) is 1.06. The van der Waals surface area contributed by atoms with E-state index in [9.17, 15) is 4.79 Å². The Hall–Kier alpha value is -1.86. The Morgan fingerprint density at radius 3 is 2.42 bits per heavy atom. The Morgan fingerprint density at radius 1 is 1.12 bits per heavy atom. The number of rotatable bonds is 6. The normalized spacial score (nSPS) is 10.7. The van der Waals surface area contributed by atoms with Crippen LogP contribution in [0.1, 0.15) is 11.1 Å². The Balaban J connectivity index is 2.01. The lowest BCUT2D eigenvalue weighted by Crippen LogP contribution is -2.19. The summed E-state index contributed by atoms with van der Waals surface area (Å²) in [6.45, 7) is 0. The van der Waals surface area contributed by atoms with Crippen LogP contribution < -0.4 is 14.9 Å². The van der Waals surface area contributed by atoms with Gasteiger partial charge >= 0.3 is 0 Å². The van der Waals surface area contributed by atoms with Gasteiger partial charge in [-0.05, 0) is 39.7 Å². The van der Waals surface area contributed by atoms with Gasteiger partial charge in [-0.25, -0.2) is 5.43 Å². The van der Waals surface area contributed by atoms with Crippen LogP contribution in [0.4, 0.5) is 0 Å². The van der Waals surface area contributed by atoms with Gasteiger partial charge in [-0.15, -0.1) is 0 Å². The maximum absolute atomic E-state index is 11.9. The lowest BCUT2D eigenvalue weighted by atomic mass is 10.1. The van der Waals surface area contributed by atoms with Crippen LogP contribution in [0.5, 0.6) is 11.5 Å². The smallest absolute Gasteiger partial charge is 0.244 e. The third-order valence-corrected chi connectivity index (χ3v) is 4.32. The van der Waals surface area contributed by atoms with Crippen molar-refractivity contribution in [2.75, 3.05) is 14.2 Å². The molecule has 0 radical (unpaired) electrons. The molecule has 0 aliphatic rings. The van der Waals surface area contributed by atoms with Gasteiger partial charge in [0.2, 0.25) is 5.91 Å². The number of amides is 1. The summed E-state index contributed by atoms with van der Waals surface area (Å²) < 4.78 is 12.3. The molecule has 0 aliphatic carbocycles. The zero-order valence-corrected chi connectivity index (χ0v) is 16.3. The van der Waals surface area contributed by atoms with E-state index in [1.165, 1.54) is 6.21 Å². The molecule has 2 aromatic rings. The molecular formula is C17H16Br2N2O3. The first-order valence-corrected chi connectivity index (χ1v) is 8.60. The van der Waals surface area contributed by atoms with Crippen molar-refractivity contribution in [2.45, 2.75) is 6.42 Å². The van der Waals surface area contributed by atoms with Crippen LogP contribution in [0.2, 0.25) is 0 Å². The molecule has 5 nitrogen and oxygen atoms in total. The van der Waals surface area contributed by atoms with E-state index in [0.717, 1.165) is 14.5 Å². The van der Waals surface area contributed by atoms with Crippen LogP contribution in [-0.4, -0.2) is 26.3 Å². The molecule has 24 heavy (non-hydrogen) atoms. The van der Waals surface area contributed by atoms with E-state index in [4.69, 9.17) is 9.47 Å². The van der Waals surface area contributed by atoms with E-state index in [0.29, 0.717) is 17.1 Å². The number of nitrogens with zero attached hydrogens (tertiary/aromatic N) is 1. The molecule has 2 rings (SSSR count). The molecule has 0 saturated carbocycles. The molecule has 0 bridgehead atoms. The second kappa shape index (κ2) is 8.84. The zero-order valence-electron chi connectivity index (χ0n) is 13.2. The fourth-order valence-electron chi connectivity index (χ4n) is 1.99. The minimum absolute atomic E-state index is 0.194. The Morgan fingerprint density at radius 2 is 1.79 bits per heavy atom. The van der Waals surface area contributed by atoms with Gasteiger partial charge in [-0.3, -0.25) is 4.79 Å². The van der Waals surface area contributed by atoms with Crippen molar-refractivity contribution in [3.8, 4) is 11.5 Å². The predicted octanol–water partition coefficient (Wildman–Crippen LogP) is 3.92. The van der Waals surface area contributed by atoms with Crippen molar-refractivity contribution < 1.29 is 14.3 Å². The molecule has 0 saturated heterocycles. The third kappa shape index (κ3) is 5.07. The summed E-state index contributed by atoms with van der Waals surface area (Å²) in [6, 6.07) is 11.1. The number of hydrogen-bond acceptors (Lipinski definition) is 4. The molecule has 1 N–H and O–H groups in total. The van der Waals surface area contributed by atoms with Crippen molar-refractivity contribution in [3.63, 3.8) is 0 Å². The monoisotopic (exact) mass is 454 g/mol. The van der Waals surface area contributed by atoms with Crippen LogP contribution >= 0.6 is 31.9 Å². The topological polar surface area (TPSA) is 59.9 Å². The molecule has 0 atom stereocenters. The number of benzene rings is 2. The highest BCUT2D eigenvalue weighted by molar-refractivity contribution is 9.10. The molecular weight excluding hydrogens is 440 g/mol. The fourth-order valence-corrected chi connectivity index (χ4v) is 2.77. The molecule has 2 aromatic carbocycles. The van der Waals surface area contributed by atoms with Crippen LogP contribution in [0, 0.1) is 0 Å². The minimum atomic E-state index is -0.194. The molecule has 0 aliphatic heterocycles. The highest BCUT2D eigenvalue weighted by atomic mass is 79.9. The molecule has 0 fully saturated rings. The number of carbonyl (C=O) groups is 1. The number of halogens is 2.